The number of hydrogen-bond donors (Lipinski definition) is 1. The minimum atomic E-state index is 0. The predicted octanol–water partition coefficient (Wildman–Crippen LogP) is 2.94. The fraction of sp³-hybridized carbons (Fsp3) is 0.0769. The average Bonchev–Trinajstić information content (AvgIpc) is 2.38. The largest absolute Gasteiger partial charge is 0.489 e. The molecule has 2 aromatic carbocycles. The zero-order valence-corrected chi connectivity index (χ0v) is 10.0. The van der Waals surface area contributed by atoms with E-state index in [0.717, 1.165) is 11.3 Å². The molecule has 2 rings (SSSR count). The van der Waals surface area contributed by atoms with Crippen molar-refractivity contribution in [2.45, 2.75) is 6.61 Å². The SMILES string of the molecule is Cl.NOc1cccc(OCc2ccccc2)c1. The first-order chi connectivity index (χ1) is 7.88. The Morgan fingerprint density at radius 1 is 0.882 bits per heavy atom. The fourth-order valence-electron chi connectivity index (χ4n) is 1.38. The quantitative estimate of drug-likeness (QED) is 0.850. The van der Waals surface area contributed by atoms with E-state index in [1.807, 2.05) is 42.5 Å². The van der Waals surface area contributed by atoms with Crippen molar-refractivity contribution in [1.82, 2.24) is 0 Å². The van der Waals surface area contributed by atoms with Gasteiger partial charge < -0.3 is 9.57 Å². The van der Waals surface area contributed by atoms with Gasteiger partial charge in [0.1, 0.15) is 12.4 Å². The molecule has 0 aromatic heterocycles. The van der Waals surface area contributed by atoms with Gasteiger partial charge in [0.25, 0.3) is 0 Å². The van der Waals surface area contributed by atoms with Gasteiger partial charge in [-0.3, -0.25) is 0 Å². The van der Waals surface area contributed by atoms with Crippen LogP contribution in [-0.2, 0) is 6.61 Å². The standard InChI is InChI=1S/C13H13NO2.ClH/c14-16-13-8-4-7-12(9-13)15-10-11-5-2-1-3-6-11;/h1-9H,10,14H2;1H. The van der Waals surface area contributed by atoms with Gasteiger partial charge in [-0.05, 0) is 17.7 Å². The third kappa shape index (κ3) is 3.98. The first-order valence-corrected chi connectivity index (χ1v) is 5.02. The first kappa shape index (κ1) is 13.4. The second kappa shape index (κ2) is 6.78. The first-order valence-electron chi connectivity index (χ1n) is 5.02. The minimum absolute atomic E-state index is 0. The summed E-state index contributed by atoms with van der Waals surface area (Å²) in [5.41, 5.74) is 1.13. The molecular formula is C13H14ClNO2. The molecule has 0 aliphatic heterocycles. The van der Waals surface area contributed by atoms with E-state index >= 15 is 0 Å². The van der Waals surface area contributed by atoms with Crippen LogP contribution in [0.1, 0.15) is 5.56 Å². The van der Waals surface area contributed by atoms with E-state index < -0.39 is 0 Å². The van der Waals surface area contributed by atoms with Crippen molar-refractivity contribution < 1.29 is 9.57 Å². The number of ether oxygens (including phenoxy) is 1. The van der Waals surface area contributed by atoms with Gasteiger partial charge >= 0.3 is 0 Å². The molecule has 0 radical (unpaired) electrons. The van der Waals surface area contributed by atoms with E-state index in [0.29, 0.717) is 12.4 Å². The summed E-state index contributed by atoms with van der Waals surface area (Å²) < 4.78 is 5.60. The lowest BCUT2D eigenvalue weighted by Gasteiger charge is -2.07. The van der Waals surface area contributed by atoms with Crippen molar-refractivity contribution in [1.29, 1.82) is 0 Å². The summed E-state index contributed by atoms with van der Waals surface area (Å²) >= 11 is 0. The van der Waals surface area contributed by atoms with Crippen molar-refractivity contribution in [3.05, 3.63) is 60.2 Å². The summed E-state index contributed by atoms with van der Waals surface area (Å²) in [6.45, 7) is 0.537. The molecule has 2 N–H and O–H groups in total. The molecular weight excluding hydrogens is 238 g/mol. The van der Waals surface area contributed by atoms with Gasteiger partial charge in [-0.1, -0.05) is 36.4 Å². The van der Waals surface area contributed by atoms with Crippen LogP contribution in [0.25, 0.3) is 0 Å². The molecule has 4 heteroatoms. The normalized spacial score (nSPS) is 9.24. The van der Waals surface area contributed by atoms with Crippen molar-refractivity contribution in [3.63, 3.8) is 0 Å². The molecule has 0 bridgehead atoms. The van der Waals surface area contributed by atoms with Crippen molar-refractivity contribution in [2.24, 2.45) is 5.90 Å². The van der Waals surface area contributed by atoms with Crippen LogP contribution in [0.4, 0.5) is 0 Å². The Balaban J connectivity index is 0.00000144. The monoisotopic (exact) mass is 251 g/mol. The smallest absolute Gasteiger partial charge is 0.150 e. The Bertz CT molecular complexity index is 448. The number of rotatable bonds is 4. The third-order valence-electron chi connectivity index (χ3n) is 2.19. The van der Waals surface area contributed by atoms with Crippen LogP contribution < -0.4 is 15.5 Å². The maximum atomic E-state index is 5.60. The zero-order chi connectivity index (χ0) is 11.2. The third-order valence-corrected chi connectivity index (χ3v) is 2.19. The molecule has 2 aromatic rings. The van der Waals surface area contributed by atoms with E-state index in [1.54, 1.807) is 12.1 Å². The maximum Gasteiger partial charge on any atom is 0.150 e. The summed E-state index contributed by atoms with van der Waals surface area (Å²) in [4.78, 5) is 4.63. The molecule has 90 valence electrons. The number of halogens is 1. The highest BCUT2D eigenvalue weighted by Crippen LogP contribution is 2.19. The Labute approximate surface area is 107 Å². The Kier molecular flexibility index (Phi) is 5.33. The summed E-state index contributed by atoms with van der Waals surface area (Å²) in [5.74, 6) is 6.40. The van der Waals surface area contributed by atoms with Crippen LogP contribution >= 0.6 is 12.4 Å². The second-order valence-corrected chi connectivity index (χ2v) is 3.37. The molecule has 3 nitrogen and oxygen atoms in total. The lowest BCUT2D eigenvalue weighted by Crippen LogP contribution is -2.02. The molecule has 0 aliphatic rings. The molecule has 0 saturated carbocycles. The van der Waals surface area contributed by atoms with E-state index in [-0.39, 0.29) is 12.4 Å². The summed E-state index contributed by atoms with van der Waals surface area (Å²) in [6, 6.07) is 17.2. The average molecular weight is 252 g/mol. The van der Waals surface area contributed by atoms with Crippen molar-refractivity contribution in [3.8, 4) is 11.5 Å². The highest BCUT2D eigenvalue weighted by atomic mass is 35.5. The van der Waals surface area contributed by atoms with Crippen molar-refractivity contribution in [2.75, 3.05) is 0 Å². The molecule has 0 heterocycles. The van der Waals surface area contributed by atoms with Gasteiger partial charge in [0.2, 0.25) is 0 Å². The summed E-state index contributed by atoms with van der Waals surface area (Å²) in [7, 11) is 0. The zero-order valence-electron chi connectivity index (χ0n) is 9.21. The van der Waals surface area contributed by atoms with Crippen molar-refractivity contribution >= 4 is 12.4 Å². The van der Waals surface area contributed by atoms with Crippen LogP contribution in [-0.4, -0.2) is 0 Å². The highest BCUT2D eigenvalue weighted by molar-refractivity contribution is 5.85. The number of nitrogens with two attached hydrogens (primary N) is 1. The van der Waals surface area contributed by atoms with Gasteiger partial charge in [0.05, 0.1) is 0 Å². The maximum absolute atomic E-state index is 5.60. The Morgan fingerprint density at radius 3 is 2.29 bits per heavy atom. The number of hydrogen-bond acceptors (Lipinski definition) is 3. The highest BCUT2D eigenvalue weighted by Gasteiger charge is 1.97. The molecule has 0 unspecified atom stereocenters. The molecule has 0 fully saturated rings. The predicted molar refractivity (Wildman–Crippen MR) is 69.3 cm³/mol. The van der Waals surface area contributed by atoms with Gasteiger partial charge in [-0.15, -0.1) is 12.4 Å². The Morgan fingerprint density at radius 2 is 1.59 bits per heavy atom. The summed E-state index contributed by atoms with van der Waals surface area (Å²) in [6.07, 6.45) is 0. The molecule has 0 saturated heterocycles. The van der Waals surface area contributed by atoms with Gasteiger partial charge in [-0.2, -0.15) is 5.90 Å². The molecule has 0 spiro atoms. The van der Waals surface area contributed by atoms with E-state index in [9.17, 15) is 0 Å². The molecule has 17 heavy (non-hydrogen) atoms. The number of benzene rings is 2. The molecule has 0 aliphatic carbocycles. The van der Waals surface area contributed by atoms with Crippen LogP contribution in [0.2, 0.25) is 0 Å². The molecule has 0 atom stereocenters. The van der Waals surface area contributed by atoms with Crippen LogP contribution in [0.15, 0.2) is 54.6 Å². The topological polar surface area (TPSA) is 44.5 Å². The summed E-state index contributed by atoms with van der Waals surface area (Å²) in [5, 5.41) is 0. The van der Waals surface area contributed by atoms with Gasteiger partial charge in [0.15, 0.2) is 5.75 Å². The van der Waals surface area contributed by atoms with E-state index in [4.69, 9.17) is 10.6 Å². The van der Waals surface area contributed by atoms with E-state index in [2.05, 4.69) is 4.84 Å². The van der Waals surface area contributed by atoms with Crippen LogP contribution in [0.5, 0.6) is 11.5 Å². The fourth-order valence-corrected chi connectivity index (χ4v) is 1.38. The van der Waals surface area contributed by atoms with Crippen LogP contribution in [0, 0.1) is 0 Å². The Hall–Kier alpha value is -1.71. The van der Waals surface area contributed by atoms with Gasteiger partial charge in [-0.25, -0.2) is 0 Å². The minimum Gasteiger partial charge on any atom is -0.489 e. The molecule has 0 amide bonds. The van der Waals surface area contributed by atoms with E-state index in [1.165, 1.54) is 0 Å². The van der Waals surface area contributed by atoms with Gasteiger partial charge in [0, 0.05) is 6.07 Å². The second-order valence-electron chi connectivity index (χ2n) is 3.37. The van der Waals surface area contributed by atoms with Crippen LogP contribution in [0.3, 0.4) is 0 Å². The lowest BCUT2D eigenvalue weighted by molar-refractivity contribution is 0.298. The lowest BCUT2D eigenvalue weighted by atomic mass is 10.2.